The maximum Gasteiger partial charge on any atom is 0.341 e. The molecule has 20 heavy (non-hydrogen) atoms. The summed E-state index contributed by atoms with van der Waals surface area (Å²) in [6.45, 7) is 5.54. The number of benzene rings is 1. The standard InChI is InChI=1S/C16H17NO3/c1-4-12-6-5-7-13(9-12)20-14-8-10(2)17-11(3)15(14)16(18)19/h5-9H,4H2,1-3H3,(H,18,19). The number of rotatable bonds is 4. The van der Waals surface area contributed by atoms with Crippen molar-refractivity contribution in [3.63, 3.8) is 0 Å². The number of pyridine rings is 1. The number of carbonyl (C=O) groups is 1. The first-order chi connectivity index (χ1) is 9.51. The number of aromatic carboxylic acids is 1. The van der Waals surface area contributed by atoms with Crippen molar-refractivity contribution < 1.29 is 14.6 Å². The van der Waals surface area contributed by atoms with Crippen molar-refractivity contribution in [2.75, 3.05) is 0 Å². The van der Waals surface area contributed by atoms with E-state index in [0.717, 1.165) is 17.7 Å². The Balaban J connectivity index is 2.44. The van der Waals surface area contributed by atoms with Gasteiger partial charge in [0.05, 0.1) is 5.69 Å². The van der Waals surface area contributed by atoms with Crippen LogP contribution in [-0.2, 0) is 6.42 Å². The number of aryl methyl sites for hydroxylation is 3. The van der Waals surface area contributed by atoms with Crippen molar-refractivity contribution in [3.8, 4) is 11.5 Å². The number of aromatic nitrogens is 1. The molecule has 0 aliphatic carbocycles. The van der Waals surface area contributed by atoms with E-state index < -0.39 is 5.97 Å². The van der Waals surface area contributed by atoms with Crippen LogP contribution in [0, 0.1) is 13.8 Å². The van der Waals surface area contributed by atoms with E-state index in [2.05, 4.69) is 11.9 Å². The van der Waals surface area contributed by atoms with Gasteiger partial charge in [-0.3, -0.25) is 4.98 Å². The molecule has 0 atom stereocenters. The number of nitrogens with zero attached hydrogens (tertiary/aromatic N) is 1. The fourth-order valence-electron chi connectivity index (χ4n) is 2.09. The van der Waals surface area contributed by atoms with Crippen LogP contribution in [0.15, 0.2) is 30.3 Å². The van der Waals surface area contributed by atoms with Crippen molar-refractivity contribution in [2.24, 2.45) is 0 Å². The van der Waals surface area contributed by atoms with E-state index in [1.807, 2.05) is 31.2 Å². The summed E-state index contributed by atoms with van der Waals surface area (Å²) in [4.78, 5) is 15.5. The topological polar surface area (TPSA) is 59.4 Å². The molecule has 1 heterocycles. The molecule has 0 aliphatic heterocycles. The van der Waals surface area contributed by atoms with Crippen LogP contribution in [0.1, 0.15) is 34.2 Å². The normalized spacial score (nSPS) is 10.3. The maximum absolute atomic E-state index is 11.3. The van der Waals surface area contributed by atoms with Gasteiger partial charge in [0.2, 0.25) is 0 Å². The van der Waals surface area contributed by atoms with Gasteiger partial charge in [0.15, 0.2) is 0 Å². The smallest absolute Gasteiger partial charge is 0.341 e. The average Bonchev–Trinajstić information content (AvgIpc) is 2.37. The molecule has 0 amide bonds. The summed E-state index contributed by atoms with van der Waals surface area (Å²) in [6, 6.07) is 9.28. The zero-order chi connectivity index (χ0) is 14.7. The van der Waals surface area contributed by atoms with Gasteiger partial charge >= 0.3 is 5.97 Å². The molecule has 1 aromatic carbocycles. The molecule has 2 aromatic rings. The van der Waals surface area contributed by atoms with Crippen molar-refractivity contribution >= 4 is 5.97 Å². The summed E-state index contributed by atoms with van der Waals surface area (Å²) < 4.78 is 5.75. The van der Waals surface area contributed by atoms with E-state index in [0.29, 0.717) is 17.2 Å². The van der Waals surface area contributed by atoms with Crippen molar-refractivity contribution in [1.82, 2.24) is 4.98 Å². The van der Waals surface area contributed by atoms with Crippen LogP contribution >= 0.6 is 0 Å². The second-order valence-corrected chi connectivity index (χ2v) is 4.63. The lowest BCUT2D eigenvalue weighted by Crippen LogP contribution is -2.06. The molecule has 4 heteroatoms. The first kappa shape index (κ1) is 14.1. The Hall–Kier alpha value is -2.36. The molecule has 4 nitrogen and oxygen atoms in total. The van der Waals surface area contributed by atoms with Crippen LogP contribution < -0.4 is 4.74 Å². The van der Waals surface area contributed by atoms with Crippen LogP contribution in [0.25, 0.3) is 0 Å². The van der Waals surface area contributed by atoms with Gasteiger partial charge in [-0.15, -0.1) is 0 Å². The number of hydrogen-bond donors (Lipinski definition) is 1. The number of ether oxygens (including phenoxy) is 1. The Labute approximate surface area is 118 Å². The van der Waals surface area contributed by atoms with Gasteiger partial charge in [0, 0.05) is 11.8 Å². The zero-order valence-electron chi connectivity index (χ0n) is 11.8. The highest BCUT2D eigenvalue weighted by atomic mass is 16.5. The Kier molecular flexibility index (Phi) is 4.03. The Morgan fingerprint density at radius 1 is 1.30 bits per heavy atom. The average molecular weight is 271 g/mol. The van der Waals surface area contributed by atoms with Crippen LogP contribution in [0.5, 0.6) is 11.5 Å². The van der Waals surface area contributed by atoms with Crippen molar-refractivity contribution in [2.45, 2.75) is 27.2 Å². The molecule has 2 rings (SSSR count). The van der Waals surface area contributed by atoms with E-state index in [1.165, 1.54) is 0 Å². The van der Waals surface area contributed by atoms with Crippen LogP contribution in [-0.4, -0.2) is 16.1 Å². The van der Waals surface area contributed by atoms with Crippen LogP contribution in [0.4, 0.5) is 0 Å². The fourth-order valence-corrected chi connectivity index (χ4v) is 2.09. The van der Waals surface area contributed by atoms with Crippen molar-refractivity contribution in [1.29, 1.82) is 0 Å². The molecule has 0 fully saturated rings. The minimum Gasteiger partial charge on any atom is -0.477 e. The molecule has 0 aliphatic rings. The lowest BCUT2D eigenvalue weighted by atomic mass is 10.1. The maximum atomic E-state index is 11.3. The third kappa shape index (κ3) is 2.96. The van der Waals surface area contributed by atoms with Gasteiger partial charge in [-0.1, -0.05) is 19.1 Å². The minimum absolute atomic E-state index is 0.109. The van der Waals surface area contributed by atoms with Gasteiger partial charge in [-0.2, -0.15) is 0 Å². The summed E-state index contributed by atoms with van der Waals surface area (Å²) in [5, 5.41) is 9.30. The van der Waals surface area contributed by atoms with E-state index in [4.69, 9.17) is 4.74 Å². The summed E-state index contributed by atoms with van der Waals surface area (Å²) in [5.74, 6) is -0.0655. The summed E-state index contributed by atoms with van der Waals surface area (Å²) >= 11 is 0. The molecule has 0 spiro atoms. The number of carboxylic acids is 1. The molecule has 0 bridgehead atoms. The molecule has 0 radical (unpaired) electrons. The molecule has 1 aromatic heterocycles. The first-order valence-electron chi connectivity index (χ1n) is 6.49. The first-order valence-corrected chi connectivity index (χ1v) is 6.49. The lowest BCUT2D eigenvalue weighted by Gasteiger charge is -2.12. The van der Waals surface area contributed by atoms with Gasteiger partial charge < -0.3 is 9.84 Å². The fraction of sp³-hybridized carbons (Fsp3) is 0.250. The molecule has 0 unspecified atom stereocenters. The quantitative estimate of drug-likeness (QED) is 0.920. The van der Waals surface area contributed by atoms with Gasteiger partial charge in [-0.05, 0) is 38.0 Å². The highest BCUT2D eigenvalue weighted by Gasteiger charge is 2.17. The highest BCUT2D eigenvalue weighted by molar-refractivity contribution is 5.92. The predicted octanol–water partition coefficient (Wildman–Crippen LogP) is 3.75. The van der Waals surface area contributed by atoms with E-state index >= 15 is 0 Å². The van der Waals surface area contributed by atoms with E-state index in [9.17, 15) is 9.90 Å². The third-order valence-corrected chi connectivity index (χ3v) is 3.04. The molecular weight excluding hydrogens is 254 g/mol. The van der Waals surface area contributed by atoms with Crippen molar-refractivity contribution in [3.05, 3.63) is 52.8 Å². The van der Waals surface area contributed by atoms with Crippen LogP contribution in [0.2, 0.25) is 0 Å². The number of carboxylic acid groups (broad SMARTS) is 1. The Morgan fingerprint density at radius 3 is 2.70 bits per heavy atom. The largest absolute Gasteiger partial charge is 0.477 e. The second-order valence-electron chi connectivity index (χ2n) is 4.63. The van der Waals surface area contributed by atoms with E-state index in [1.54, 1.807) is 13.0 Å². The minimum atomic E-state index is -1.03. The Bertz CT molecular complexity index is 650. The molecule has 104 valence electrons. The summed E-state index contributed by atoms with van der Waals surface area (Å²) in [5.41, 5.74) is 2.44. The third-order valence-electron chi connectivity index (χ3n) is 3.04. The SMILES string of the molecule is CCc1cccc(Oc2cc(C)nc(C)c2C(=O)O)c1. The second kappa shape index (κ2) is 5.74. The van der Waals surface area contributed by atoms with Gasteiger partial charge in [0.1, 0.15) is 17.1 Å². The summed E-state index contributed by atoms with van der Waals surface area (Å²) in [7, 11) is 0. The zero-order valence-corrected chi connectivity index (χ0v) is 11.8. The highest BCUT2D eigenvalue weighted by Crippen LogP contribution is 2.28. The van der Waals surface area contributed by atoms with Gasteiger partial charge in [0.25, 0.3) is 0 Å². The summed E-state index contributed by atoms with van der Waals surface area (Å²) in [6.07, 6.45) is 0.900. The van der Waals surface area contributed by atoms with Crippen LogP contribution in [0.3, 0.4) is 0 Å². The van der Waals surface area contributed by atoms with Gasteiger partial charge in [-0.25, -0.2) is 4.79 Å². The number of hydrogen-bond acceptors (Lipinski definition) is 3. The molecule has 1 N–H and O–H groups in total. The molecular formula is C16H17NO3. The predicted molar refractivity (Wildman–Crippen MR) is 76.6 cm³/mol. The van der Waals surface area contributed by atoms with E-state index in [-0.39, 0.29) is 5.56 Å². The molecule has 0 saturated heterocycles. The lowest BCUT2D eigenvalue weighted by molar-refractivity contribution is 0.0693. The monoisotopic (exact) mass is 271 g/mol. The molecule has 0 saturated carbocycles. The Morgan fingerprint density at radius 2 is 2.05 bits per heavy atom.